The molecule has 0 radical (unpaired) electrons. The molecule has 4 nitrogen and oxygen atoms in total. The second-order valence-corrected chi connectivity index (χ2v) is 8.48. The maximum atomic E-state index is 10.9. The number of nitrogens with zero attached hydrogens (tertiary/aromatic N) is 2. The van der Waals surface area contributed by atoms with Crippen LogP contribution in [0.1, 0.15) is 37.8 Å². The van der Waals surface area contributed by atoms with Crippen LogP contribution in [-0.4, -0.2) is 31.4 Å². The van der Waals surface area contributed by atoms with Gasteiger partial charge in [-0.1, -0.05) is 19.9 Å². The molecular weight excluding hydrogens is 334 g/mol. The van der Waals surface area contributed by atoms with Gasteiger partial charge in [0.05, 0.1) is 0 Å². The molecule has 0 atom stereocenters. The van der Waals surface area contributed by atoms with Crippen molar-refractivity contribution in [3.8, 4) is 0 Å². The molecule has 1 aliphatic heterocycles. The van der Waals surface area contributed by atoms with E-state index in [-0.39, 0.29) is 0 Å². The van der Waals surface area contributed by atoms with Crippen LogP contribution in [0.25, 0.3) is 0 Å². The van der Waals surface area contributed by atoms with Crippen molar-refractivity contribution in [2.45, 2.75) is 40.2 Å². The zero-order valence-electron chi connectivity index (χ0n) is 17.0. The van der Waals surface area contributed by atoms with E-state index >= 15 is 0 Å². The Morgan fingerprint density at radius 3 is 2.33 bits per heavy atom. The molecule has 1 heterocycles. The van der Waals surface area contributed by atoms with E-state index in [1.807, 2.05) is 0 Å². The molecule has 0 spiro atoms. The van der Waals surface area contributed by atoms with Crippen LogP contribution in [0.5, 0.6) is 0 Å². The second-order valence-electron chi connectivity index (χ2n) is 8.48. The monoisotopic (exact) mass is 365 g/mol. The van der Waals surface area contributed by atoms with Crippen LogP contribution in [0, 0.1) is 12.3 Å². The highest BCUT2D eigenvalue weighted by molar-refractivity contribution is 5.64. The summed E-state index contributed by atoms with van der Waals surface area (Å²) in [6.45, 7) is 9.68. The highest BCUT2D eigenvalue weighted by atomic mass is 16.1. The van der Waals surface area contributed by atoms with Gasteiger partial charge in [0.1, 0.15) is 0 Å². The summed E-state index contributed by atoms with van der Waals surface area (Å²) in [5, 5.41) is 3.48. The van der Waals surface area contributed by atoms with Gasteiger partial charge in [0.15, 0.2) is 0 Å². The summed E-state index contributed by atoms with van der Waals surface area (Å²) in [5.74, 6) is 0. The Balaban J connectivity index is 1.66. The summed E-state index contributed by atoms with van der Waals surface area (Å²) in [4.78, 5) is 15.0. The lowest BCUT2D eigenvalue weighted by atomic mass is 9.82. The van der Waals surface area contributed by atoms with Gasteiger partial charge in [0, 0.05) is 43.7 Å². The average Bonchev–Trinajstić information content (AvgIpc) is 2.65. The predicted molar refractivity (Wildman–Crippen MR) is 114 cm³/mol. The summed E-state index contributed by atoms with van der Waals surface area (Å²) in [5.41, 5.74) is 6.24. The third-order valence-corrected chi connectivity index (χ3v) is 5.59. The highest BCUT2D eigenvalue weighted by Gasteiger charge is 2.25. The first-order chi connectivity index (χ1) is 12.9. The molecule has 3 rings (SSSR count). The molecule has 1 saturated heterocycles. The third-order valence-electron chi connectivity index (χ3n) is 5.59. The summed E-state index contributed by atoms with van der Waals surface area (Å²) in [6.07, 6.45) is 3.35. The van der Waals surface area contributed by atoms with Crippen molar-refractivity contribution in [2.75, 3.05) is 30.4 Å². The predicted octanol–water partition coefficient (Wildman–Crippen LogP) is 4.95. The van der Waals surface area contributed by atoms with E-state index in [1.54, 1.807) is 11.9 Å². The fourth-order valence-corrected chi connectivity index (χ4v) is 3.52. The van der Waals surface area contributed by atoms with Crippen LogP contribution in [0.3, 0.4) is 0 Å². The van der Waals surface area contributed by atoms with Gasteiger partial charge < -0.3 is 15.1 Å². The number of piperidine rings is 1. The van der Waals surface area contributed by atoms with Crippen molar-refractivity contribution in [1.82, 2.24) is 4.90 Å². The topological polar surface area (TPSA) is 35.6 Å². The van der Waals surface area contributed by atoms with Gasteiger partial charge in [0.25, 0.3) is 0 Å². The Morgan fingerprint density at radius 2 is 1.70 bits per heavy atom. The fraction of sp³-hybridized carbons (Fsp3) is 0.435. The van der Waals surface area contributed by atoms with Crippen molar-refractivity contribution in [3.05, 3.63) is 53.6 Å². The molecule has 0 unspecified atom stereocenters. The molecule has 2 aromatic carbocycles. The molecule has 0 aliphatic carbocycles. The molecule has 144 valence electrons. The van der Waals surface area contributed by atoms with E-state index in [0.29, 0.717) is 12.0 Å². The first kappa shape index (κ1) is 19.3. The zero-order chi connectivity index (χ0) is 19.4. The van der Waals surface area contributed by atoms with Crippen LogP contribution >= 0.6 is 0 Å². The molecule has 1 N–H and O–H groups in total. The van der Waals surface area contributed by atoms with Crippen LogP contribution in [0.15, 0.2) is 42.5 Å². The van der Waals surface area contributed by atoms with Gasteiger partial charge in [-0.25, -0.2) is 0 Å². The Morgan fingerprint density at radius 1 is 1.07 bits per heavy atom. The second kappa shape index (κ2) is 8.03. The first-order valence-electron chi connectivity index (χ1n) is 9.73. The van der Waals surface area contributed by atoms with Gasteiger partial charge in [-0.3, -0.25) is 4.79 Å². The van der Waals surface area contributed by atoms with Crippen molar-refractivity contribution in [3.63, 3.8) is 0 Å². The number of rotatable bonds is 6. The largest absolute Gasteiger partial charge is 0.371 e. The van der Waals surface area contributed by atoms with E-state index < -0.39 is 0 Å². The summed E-state index contributed by atoms with van der Waals surface area (Å²) < 4.78 is 0. The van der Waals surface area contributed by atoms with Crippen LogP contribution in [0.2, 0.25) is 0 Å². The van der Waals surface area contributed by atoms with Gasteiger partial charge in [0.2, 0.25) is 6.41 Å². The van der Waals surface area contributed by atoms with Crippen LogP contribution < -0.4 is 10.2 Å². The van der Waals surface area contributed by atoms with E-state index in [1.165, 1.54) is 24.1 Å². The van der Waals surface area contributed by atoms with Gasteiger partial charge >= 0.3 is 0 Å². The number of hydrogen-bond donors (Lipinski definition) is 1. The molecular formula is C23H31N3O. The minimum atomic E-state index is 0.471. The maximum absolute atomic E-state index is 10.9. The molecule has 1 fully saturated rings. The SMILES string of the molecule is Cc1ccc(Nc2ccc(N3CCC(C)(C)CC3)cc2)cc1CN(C)C=O. The lowest BCUT2D eigenvalue weighted by Gasteiger charge is -2.38. The van der Waals surface area contributed by atoms with Crippen molar-refractivity contribution >= 4 is 23.5 Å². The first-order valence-corrected chi connectivity index (χ1v) is 9.73. The number of amides is 1. The number of nitrogens with one attached hydrogen (secondary N) is 1. The van der Waals surface area contributed by atoms with Crippen LogP contribution in [-0.2, 0) is 11.3 Å². The Bertz CT molecular complexity index is 773. The lowest BCUT2D eigenvalue weighted by Crippen LogP contribution is -2.37. The number of anilines is 3. The number of hydrogen-bond acceptors (Lipinski definition) is 3. The Kier molecular flexibility index (Phi) is 5.73. The van der Waals surface area contributed by atoms with E-state index in [2.05, 4.69) is 73.5 Å². The summed E-state index contributed by atoms with van der Waals surface area (Å²) >= 11 is 0. The summed E-state index contributed by atoms with van der Waals surface area (Å²) in [7, 11) is 1.80. The maximum Gasteiger partial charge on any atom is 0.209 e. The molecule has 2 aromatic rings. The zero-order valence-corrected chi connectivity index (χ0v) is 17.0. The molecule has 0 saturated carbocycles. The normalized spacial score (nSPS) is 16.1. The smallest absolute Gasteiger partial charge is 0.209 e. The minimum absolute atomic E-state index is 0.471. The molecule has 27 heavy (non-hydrogen) atoms. The number of carbonyl (C=O) groups is 1. The minimum Gasteiger partial charge on any atom is -0.371 e. The van der Waals surface area contributed by atoms with Crippen molar-refractivity contribution in [1.29, 1.82) is 0 Å². The number of benzene rings is 2. The van der Waals surface area contributed by atoms with Gasteiger partial charge in [-0.15, -0.1) is 0 Å². The fourth-order valence-electron chi connectivity index (χ4n) is 3.52. The molecule has 0 aromatic heterocycles. The molecule has 1 aliphatic rings. The molecule has 1 amide bonds. The number of aryl methyl sites for hydroxylation is 1. The van der Waals surface area contributed by atoms with E-state index in [9.17, 15) is 4.79 Å². The van der Waals surface area contributed by atoms with E-state index in [0.717, 1.165) is 36.4 Å². The highest BCUT2D eigenvalue weighted by Crippen LogP contribution is 2.32. The van der Waals surface area contributed by atoms with Gasteiger partial charge in [-0.05, 0) is 72.7 Å². The van der Waals surface area contributed by atoms with Gasteiger partial charge in [-0.2, -0.15) is 0 Å². The standard InChI is InChI=1S/C23H31N3O/c1-18-5-6-21(15-19(18)16-25(4)17-27)24-20-7-9-22(10-8-20)26-13-11-23(2,3)12-14-26/h5-10,15,17,24H,11-14,16H2,1-4H3. The van der Waals surface area contributed by atoms with E-state index in [4.69, 9.17) is 0 Å². The third kappa shape index (κ3) is 5.03. The van der Waals surface area contributed by atoms with Crippen molar-refractivity contribution < 1.29 is 4.79 Å². The Hall–Kier alpha value is -2.49. The summed E-state index contributed by atoms with van der Waals surface area (Å²) in [6, 6.07) is 15.0. The molecule has 4 heteroatoms. The quantitative estimate of drug-likeness (QED) is 0.736. The Labute approximate surface area is 163 Å². The van der Waals surface area contributed by atoms with Crippen LogP contribution in [0.4, 0.5) is 17.1 Å². The molecule has 0 bridgehead atoms. The lowest BCUT2D eigenvalue weighted by molar-refractivity contribution is -0.117. The number of carbonyl (C=O) groups excluding carboxylic acids is 1. The average molecular weight is 366 g/mol. The van der Waals surface area contributed by atoms with Crippen molar-refractivity contribution in [2.24, 2.45) is 5.41 Å².